The maximum Gasteiger partial charge on any atom is 0.263 e. The fourth-order valence-corrected chi connectivity index (χ4v) is 9.61. The Kier molecular flexibility index (Phi) is 14.0. The number of nitrogens with zero attached hydrogens (tertiary/aromatic N) is 2. The molecule has 306 valence electrons. The van der Waals surface area contributed by atoms with E-state index in [4.69, 9.17) is 66.6 Å². The van der Waals surface area contributed by atoms with Gasteiger partial charge in [-0.1, -0.05) is 57.7 Å². The molecule has 2 unspecified atom stereocenters. The summed E-state index contributed by atoms with van der Waals surface area (Å²) in [6.07, 6.45) is 1.67. The van der Waals surface area contributed by atoms with Crippen LogP contribution in [0.1, 0.15) is 29.0 Å². The zero-order valence-corrected chi connectivity index (χ0v) is 36.3. The number of anilines is 3. The van der Waals surface area contributed by atoms with E-state index in [1.165, 1.54) is 18.2 Å². The van der Waals surface area contributed by atoms with Gasteiger partial charge in [0, 0.05) is 43.9 Å². The molecular weight excluding hydrogens is 916 g/mol. The first-order valence-corrected chi connectivity index (χ1v) is 23.4. The van der Waals surface area contributed by atoms with Crippen molar-refractivity contribution >= 4 is 116 Å². The van der Waals surface area contributed by atoms with Crippen LogP contribution in [0, 0.1) is 18.8 Å². The SMILES string of the molecule is Cc1nnc(NS(=O)(=O)c2ccc3c(c2)CC(CCOc2ccc(Cl)cc2Cl)C(=O)N3)s1.O=C1Nc2ccc(S(=O)(=O)Cl)cc2CC1CCOc1ccc(Cl)cc1Cl. The Morgan fingerprint density at radius 2 is 1.19 bits per heavy atom. The van der Waals surface area contributed by atoms with Crippen molar-refractivity contribution in [3.63, 3.8) is 0 Å². The minimum Gasteiger partial charge on any atom is -0.492 e. The second kappa shape index (κ2) is 18.6. The number of carbonyl (C=O) groups is 2. The van der Waals surface area contributed by atoms with Gasteiger partial charge in [0.05, 0.1) is 33.0 Å². The first-order chi connectivity index (χ1) is 27.4. The Hall–Kier alpha value is -3.87. The number of hydrogen-bond acceptors (Lipinski definition) is 11. The third-order valence-corrected chi connectivity index (χ3v) is 13.6. The van der Waals surface area contributed by atoms with Gasteiger partial charge in [0.2, 0.25) is 16.9 Å². The number of nitrogens with one attached hydrogen (secondary N) is 3. The van der Waals surface area contributed by atoms with E-state index in [1.54, 1.807) is 61.5 Å². The molecule has 1 aromatic heterocycles. The van der Waals surface area contributed by atoms with Crippen LogP contribution in [0.15, 0.2) is 82.6 Å². The molecule has 58 heavy (non-hydrogen) atoms. The summed E-state index contributed by atoms with van der Waals surface area (Å²) in [6.45, 7) is 2.29. The molecule has 0 radical (unpaired) electrons. The first-order valence-electron chi connectivity index (χ1n) is 17.3. The van der Waals surface area contributed by atoms with Crippen LogP contribution in [-0.4, -0.2) is 52.1 Å². The highest BCUT2D eigenvalue weighted by atomic mass is 35.7. The highest BCUT2D eigenvalue weighted by Gasteiger charge is 2.29. The number of fused-ring (bicyclic) bond motifs is 2. The zero-order valence-electron chi connectivity index (χ0n) is 30.1. The summed E-state index contributed by atoms with van der Waals surface area (Å²) < 4.78 is 62.2. The van der Waals surface area contributed by atoms with Gasteiger partial charge in [-0.3, -0.25) is 14.3 Å². The topological polar surface area (TPSA) is 183 Å². The van der Waals surface area contributed by atoms with Gasteiger partial charge in [0.1, 0.15) is 16.5 Å². The van der Waals surface area contributed by atoms with Crippen molar-refractivity contribution in [2.24, 2.45) is 11.8 Å². The molecule has 2 amide bonds. The molecule has 7 rings (SSSR count). The normalized spacial score (nSPS) is 16.2. The maximum atomic E-state index is 12.7. The predicted octanol–water partition coefficient (Wildman–Crippen LogP) is 9.03. The number of aromatic nitrogens is 2. The highest BCUT2D eigenvalue weighted by molar-refractivity contribution is 8.13. The van der Waals surface area contributed by atoms with Crippen LogP contribution in [0.3, 0.4) is 0 Å². The van der Waals surface area contributed by atoms with Crippen LogP contribution in [-0.2, 0) is 41.5 Å². The van der Waals surface area contributed by atoms with Gasteiger partial charge in [-0.05, 0) is 117 Å². The molecule has 0 spiro atoms. The number of rotatable bonds is 12. The number of ether oxygens (including phenoxy) is 2. The van der Waals surface area contributed by atoms with Crippen LogP contribution in [0.25, 0.3) is 0 Å². The molecule has 0 fully saturated rings. The van der Waals surface area contributed by atoms with E-state index in [0.29, 0.717) is 73.7 Å². The van der Waals surface area contributed by atoms with Crippen LogP contribution in [0.5, 0.6) is 11.5 Å². The number of hydrogen-bond donors (Lipinski definition) is 3. The minimum absolute atomic E-state index is 0.0111. The van der Waals surface area contributed by atoms with Crippen molar-refractivity contribution in [3.05, 3.63) is 109 Å². The van der Waals surface area contributed by atoms with Gasteiger partial charge in [-0.2, -0.15) is 0 Å². The Labute approximate surface area is 362 Å². The third-order valence-electron chi connectivity index (χ3n) is 8.92. The molecule has 3 N–H and O–H groups in total. The molecule has 2 atom stereocenters. The second-order valence-corrected chi connectivity index (χ2v) is 20.1. The van der Waals surface area contributed by atoms with Crippen molar-refractivity contribution in [1.29, 1.82) is 0 Å². The molecule has 3 heterocycles. The molecule has 4 aromatic carbocycles. The lowest BCUT2D eigenvalue weighted by Crippen LogP contribution is -2.31. The number of aryl methyl sites for hydroxylation is 1. The molecule has 0 bridgehead atoms. The third kappa shape index (κ3) is 11.2. The lowest BCUT2D eigenvalue weighted by molar-refractivity contribution is -0.121. The number of halogens is 5. The average Bonchev–Trinajstić information content (AvgIpc) is 3.56. The van der Waals surface area contributed by atoms with E-state index in [-0.39, 0.29) is 51.8 Å². The lowest BCUT2D eigenvalue weighted by atomic mass is 9.91. The number of benzene rings is 4. The molecule has 2 aliphatic heterocycles. The Bertz CT molecular complexity index is 2600. The van der Waals surface area contributed by atoms with Crippen molar-refractivity contribution in [2.45, 2.75) is 42.4 Å². The largest absolute Gasteiger partial charge is 0.492 e. The molecule has 0 saturated heterocycles. The monoisotopic (exact) mass is 945 g/mol. The minimum atomic E-state index is -3.83. The zero-order chi connectivity index (χ0) is 41.8. The maximum absolute atomic E-state index is 12.7. The Balaban J connectivity index is 0.000000200. The van der Waals surface area contributed by atoms with Gasteiger partial charge in [-0.15, -0.1) is 10.2 Å². The quantitative estimate of drug-likeness (QED) is 0.102. The molecule has 13 nitrogen and oxygen atoms in total. The summed E-state index contributed by atoms with van der Waals surface area (Å²) >= 11 is 25.0. The number of amides is 2. The van der Waals surface area contributed by atoms with Gasteiger partial charge in [-0.25, -0.2) is 16.8 Å². The van der Waals surface area contributed by atoms with E-state index < -0.39 is 19.1 Å². The molecule has 5 aromatic rings. The van der Waals surface area contributed by atoms with E-state index in [1.807, 2.05) is 0 Å². The van der Waals surface area contributed by atoms with E-state index in [2.05, 4.69) is 25.6 Å². The highest BCUT2D eigenvalue weighted by Crippen LogP contribution is 2.34. The summed E-state index contributed by atoms with van der Waals surface area (Å²) in [7, 11) is -2.26. The summed E-state index contributed by atoms with van der Waals surface area (Å²) in [5, 5.41) is 15.9. The van der Waals surface area contributed by atoms with Crippen molar-refractivity contribution < 1.29 is 35.9 Å². The van der Waals surface area contributed by atoms with Gasteiger partial charge in [0.15, 0.2) is 0 Å². The van der Waals surface area contributed by atoms with E-state index in [0.717, 1.165) is 22.5 Å². The molecule has 0 aliphatic carbocycles. The summed E-state index contributed by atoms with van der Waals surface area (Å²) in [6, 6.07) is 18.8. The predicted molar refractivity (Wildman–Crippen MR) is 226 cm³/mol. The standard InChI is InChI=1S/C20H18Cl2N4O4S2.C17H14Cl3NO4S/c1-11-24-25-20(31-11)26-32(28,29)15-3-4-17-13(9-15)8-12(19(27)23-17)6-7-30-18-5-2-14(21)10-16(18)22;18-12-1-4-16(14(19)9-12)25-6-5-10-7-11-8-13(26(20,23)24)2-3-15(11)21-17(10)22/h2-5,9-10,12H,6-8H2,1H3,(H,23,27)(H,25,26);1-4,8-10H,5-7H2,(H,21,22). The van der Waals surface area contributed by atoms with Gasteiger partial charge in [0.25, 0.3) is 19.1 Å². The number of sulfonamides is 1. The van der Waals surface area contributed by atoms with E-state index >= 15 is 0 Å². The van der Waals surface area contributed by atoms with Crippen molar-refractivity contribution in [2.75, 3.05) is 28.6 Å². The van der Waals surface area contributed by atoms with Crippen molar-refractivity contribution in [3.8, 4) is 11.5 Å². The van der Waals surface area contributed by atoms with Crippen LogP contribution in [0.2, 0.25) is 20.1 Å². The fourth-order valence-electron chi connectivity index (χ4n) is 6.01. The van der Waals surface area contributed by atoms with Crippen LogP contribution in [0.4, 0.5) is 16.5 Å². The summed E-state index contributed by atoms with van der Waals surface area (Å²) in [4.78, 5) is 24.8. The molecular formula is C37H32Cl5N5O8S3. The summed E-state index contributed by atoms with van der Waals surface area (Å²) in [5.74, 6) is -0.0134. The van der Waals surface area contributed by atoms with Crippen molar-refractivity contribution in [1.82, 2.24) is 10.2 Å². The Morgan fingerprint density at radius 1 is 0.707 bits per heavy atom. The smallest absolute Gasteiger partial charge is 0.263 e. The first kappa shape index (κ1) is 43.7. The second-order valence-electron chi connectivity index (χ2n) is 13.0. The fraction of sp³-hybridized carbons (Fsp3) is 0.243. The molecule has 21 heteroatoms. The summed E-state index contributed by atoms with van der Waals surface area (Å²) in [5.41, 5.74) is 2.65. The van der Waals surface area contributed by atoms with Gasteiger partial charge >= 0.3 is 0 Å². The molecule has 0 saturated carbocycles. The lowest BCUT2D eigenvalue weighted by Gasteiger charge is -2.25. The molecule has 2 aliphatic rings. The van der Waals surface area contributed by atoms with Gasteiger partial charge < -0.3 is 20.1 Å². The average molecular weight is 948 g/mol. The van der Waals surface area contributed by atoms with Crippen LogP contribution < -0.4 is 24.8 Å². The van der Waals surface area contributed by atoms with E-state index in [9.17, 15) is 26.4 Å². The van der Waals surface area contributed by atoms with Crippen LogP contribution >= 0.6 is 68.4 Å². The number of carbonyl (C=O) groups excluding carboxylic acids is 2. The Morgan fingerprint density at radius 3 is 1.64 bits per heavy atom.